The number of hydrogen-bond donors (Lipinski definition) is 1. The van der Waals surface area contributed by atoms with Gasteiger partial charge in [0.2, 0.25) is 0 Å². The van der Waals surface area contributed by atoms with Crippen LogP contribution in [0.1, 0.15) is 12.0 Å². The first kappa shape index (κ1) is 16.8. The number of halogens is 1. The van der Waals surface area contributed by atoms with Crippen LogP contribution in [0, 0.1) is 0 Å². The molecular weight excluding hydrogens is 298 g/mol. The highest BCUT2D eigenvalue weighted by Gasteiger charge is 2.06. The summed E-state index contributed by atoms with van der Waals surface area (Å²) in [6, 6.07) is 17.9. The zero-order chi connectivity index (χ0) is 15.6. The molecule has 2 aromatic rings. The minimum atomic E-state index is 0.189. The van der Waals surface area contributed by atoms with Gasteiger partial charge < -0.3 is 14.7 Å². The van der Waals surface area contributed by atoms with E-state index in [2.05, 4.69) is 17.0 Å². The van der Waals surface area contributed by atoms with Crippen molar-refractivity contribution in [3.63, 3.8) is 0 Å². The summed E-state index contributed by atoms with van der Waals surface area (Å²) >= 11 is 5.93. The summed E-state index contributed by atoms with van der Waals surface area (Å²) in [5, 5.41) is 9.78. The van der Waals surface area contributed by atoms with Gasteiger partial charge in [-0.3, -0.25) is 0 Å². The zero-order valence-corrected chi connectivity index (χ0v) is 13.4. The predicted octanol–water partition coefficient (Wildman–Crippen LogP) is 3.75. The minimum Gasteiger partial charge on any atom is -0.396 e. The Bertz CT molecular complexity index is 531. The zero-order valence-electron chi connectivity index (χ0n) is 12.6. The molecule has 22 heavy (non-hydrogen) atoms. The van der Waals surface area contributed by atoms with E-state index >= 15 is 0 Å². The van der Waals surface area contributed by atoms with Crippen molar-refractivity contribution >= 4 is 17.3 Å². The summed E-state index contributed by atoms with van der Waals surface area (Å²) in [4.78, 5) is 2.21. The highest BCUT2D eigenvalue weighted by atomic mass is 35.5. The average Bonchev–Trinajstić information content (AvgIpc) is 2.56. The molecule has 0 saturated heterocycles. The number of benzene rings is 2. The first-order valence-electron chi connectivity index (χ1n) is 7.52. The van der Waals surface area contributed by atoms with Gasteiger partial charge >= 0.3 is 0 Å². The van der Waals surface area contributed by atoms with Crippen LogP contribution in [0.4, 0.5) is 5.69 Å². The molecule has 0 aromatic heterocycles. The molecule has 0 atom stereocenters. The molecule has 0 aliphatic heterocycles. The first-order valence-corrected chi connectivity index (χ1v) is 7.90. The van der Waals surface area contributed by atoms with Gasteiger partial charge in [-0.05, 0) is 36.2 Å². The molecule has 0 radical (unpaired) electrons. The number of hydrogen-bond acceptors (Lipinski definition) is 3. The predicted molar refractivity (Wildman–Crippen MR) is 91.5 cm³/mol. The van der Waals surface area contributed by atoms with E-state index < -0.39 is 0 Å². The Kier molecular flexibility index (Phi) is 7.23. The molecule has 0 fully saturated rings. The number of rotatable bonds is 9. The quantitative estimate of drug-likeness (QED) is 0.715. The second-order valence-corrected chi connectivity index (χ2v) is 5.52. The van der Waals surface area contributed by atoms with Crippen molar-refractivity contribution in [3.8, 4) is 0 Å². The van der Waals surface area contributed by atoms with Crippen LogP contribution in [-0.2, 0) is 11.3 Å². The topological polar surface area (TPSA) is 32.7 Å². The Morgan fingerprint density at radius 3 is 2.36 bits per heavy atom. The van der Waals surface area contributed by atoms with Gasteiger partial charge in [0.25, 0.3) is 0 Å². The fourth-order valence-corrected chi connectivity index (χ4v) is 2.35. The molecule has 1 N–H and O–H groups in total. The van der Waals surface area contributed by atoms with Gasteiger partial charge in [0.05, 0.1) is 13.2 Å². The van der Waals surface area contributed by atoms with Crippen LogP contribution in [0.5, 0.6) is 0 Å². The molecule has 0 bridgehead atoms. The highest BCUT2D eigenvalue weighted by molar-refractivity contribution is 6.30. The van der Waals surface area contributed by atoms with Crippen LogP contribution in [0.25, 0.3) is 0 Å². The van der Waals surface area contributed by atoms with Crippen LogP contribution in [0.3, 0.4) is 0 Å². The van der Waals surface area contributed by atoms with Gasteiger partial charge in [-0.25, -0.2) is 0 Å². The van der Waals surface area contributed by atoms with Crippen LogP contribution >= 0.6 is 11.6 Å². The van der Waals surface area contributed by atoms with Gasteiger partial charge in [0.1, 0.15) is 0 Å². The third-order valence-corrected chi connectivity index (χ3v) is 3.65. The van der Waals surface area contributed by atoms with Crippen LogP contribution in [0.15, 0.2) is 54.6 Å². The number of nitrogens with zero attached hydrogens (tertiary/aromatic N) is 1. The maximum Gasteiger partial charge on any atom is 0.0717 e. The molecule has 2 rings (SSSR count). The van der Waals surface area contributed by atoms with Gasteiger partial charge in [-0.15, -0.1) is 0 Å². The van der Waals surface area contributed by atoms with Crippen molar-refractivity contribution < 1.29 is 9.84 Å². The monoisotopic (exact) mass is 319 g/mol. The summed E-state index contributed by atoms with van der Waals surface area (Å²) in [6.07, 6.45) is 0.737. The molecule has 2 aromatic carbocycles. The largest absolute Gasteiger partial charge is 0.396 e. The molecule has 3 nitrogen and oxygen atoms in total. The third kappa shape index (κ3) is 5.68. The Morgan fingerprint density at radius 1 is 0.955 bits per heavy atom. The van der Waals surface area contributed by atoms with Gasteiger partial charge in [-0.1, -0.05) is 41.9 Å². The Labute approximate surface area is 137 Å². The lowest BCUT2D eigenvalue weighted by Crippen LogP contribution is -2.29. The summed E-state index contributed by atoms with van der Waals surface area (Å²) in [7, 11) is 0. The van der Waals surface area contributed by atoms with Crippen LogP contribution < -0.4 is 4.90 Å². The molecule has 0 amide bonds. The maximum absolute atomic E-state index is 9.05. The number of aliphatic hydroxyl groups is 1. The normalized spacial score (nSPS) is 10.6. The Balaban J connectivity index is 1.83. The minimum absolute atomic E-state index is 0.189. The van der Waals surface area contributed by atoms with Crippen molar-refractivity contribution in [2.75, 3.05) is 31.2 Å². The first-order chi connectivity index (χ1) is 10.8. The van der Waals surface area contributed by atoms with E-state index in [1.165, 1.54) is 5.56 Å². The molecule has 0 unspecified atom stereocenters. The van der Waals surface area contributed by atoms with Crippen molar-refractivity contribution in [1.82, 2.24) is 0 Å². The van der Waals surface area contributed by atoms with Gasteiger partial charge in [0.15, 0.2) is 0 Å². The van der Waals surface area contributed by atoms with E-state index in [1.54, 1.807) is 0 Å². The smallest absolute Gasteiger partial charge is 0.0717 e. The van der Waals surface area contributed by atoms with Crippen LogP contribution in [0.2, 0.25) is 5.02 Å². The summed E-state index contributed by atoms with van der Waals surface area (Å²) in [5.74, 6) is 0. The second-order valence-electron chi connectivity index (χ2n) is 5.08. The third-order valence-electron chi connectivity index (χ3n) is 3.40. The Morgan fingerprint density at radius 2 is 1.68 bits per heavy atom. The van der Waals surface area contributed by atoms with Crippen molar-refractivity contribution in [2.45, 2.75) is 13.0 Å². The summed E-state index contributed by atoms with van der Waals surface area (Å²) in [5.41, 5.74) is 2.28. The molecule has 4 heteroatoms. The fraction of sp³-hybridized carbons (Fsp3) is 0.333. The van der Waals surface area contributed by atoms with E-state index in [-0.39, 0.29) is 6.61 Å². The molecule has 0 spiro atoms. The average molecular weight is 320 g/mol. The highest BCUT2D eigenvalue weighted by Crippen LogP contribution is 2.18. The molecule has 0 aliphatic carbocycles. The van der Waals surface area contributed by atoms with Gasteiger partial charge in [-0.2, -0.15) is 0 Å². The van der Waals surface area contributed by atoms with E-state index in [4.69, 9.17) is 21.4 Å². The number of ether oxygens (including phenoxy) is 1. The van der Waals surface area contributed by atoms with E-state index in [0.29, 0.717) is 13.2 Å². The van der Waals surface area contributed by atoms with E-state index in [0.717, 1.165) is 30.2 Å². The van der Waals surface area contributed by atoms with E-state index in [1.807, 2.05) is 42.5 Å². The molecule has 118 valence electrons. The number of anilines is 1. The second kappa shape index (κ2) is 9.46. The van der Waals surface area contributed by atoms with Crippen molar-refractivity contribution in [3.05, 3.63) is 65.2 Å². The summed E-state index contributed by atoms with van der Waals surface area (Å²) in [6.45, 7) is 3.04. The van der Waals surface area contributed by atoms with Crippen LogP contribution in [-0.4, -0.2) is 31.4 Å². The lowest BCUT2D eigenvalue weighted by Gasteiger charge is -2.24. The fourth-order valence-electron chi connectivity index (χ4n) is 2.22. The standard InChI is InChI=1S/C18H22ClNO2/c19-17-7-9-18(10-8-17)20(11-4-13-21)12-14-22-15-16-5-2-1-3-6-16/h1-3,5-10,21H,4,11-15H2. The van der Waals surface area contributed by atoms with Gasteiger partial charge in [0, 0.05) is 30.4 Å². The number of aliphatic hydroxyl groups excluding tert-OH is 1. The summed E-state index contributed by atoms with van der Waals surface area (Å²) < 4.78 is 5.75. The molecule has 0 aliphatic rings. The SMILES string of the molecule is OCCCN(CCOCc1ccccc1)c1ccc(Cl)cc1. The lowest BCUT2D eigenvalue weighted by molar-refractivity contribution is 0.126. The molecule has 0 heterocycles. The Hall–Kier alpha value is -1.55. The lowest BCUT2D eigenvalue weighted by atomic mass is 10.2. The van der Waals surface area contributed by atoms with E-state index in [9.17, 15) is 0 Å². The van der Waals surface area contributed by atoms with Crippen molar-refractivity contribution in [1.29, 1.82) is 0 Å². The molecular formula is C18H22ClNO2. The maximum atomic E-state index is 9.05. The molecule has 0 saturated carbocycles. The van der Waals surface area contributed by atoms with Crippen molar-refractivity contribution in [2.24, 2.45) is 0 Å².